The van der Waals surface area contributed by atoms with Gasteiger partial charge in [0.05, 0.1) is 11.3 Å². The number of ketones is 1. The van der Waals surface area contributed by atoms with Crippen molar-refractivity contribution in [3.8, 4) is 6.07 Å². The van der Waals surface area contributed by atoms with Crippen molar-refractivity contribution in [2.45, 2.75) is 6.92 Å². The van der Waals surface area contributed by atoms with E-state index in [4.69, 9.17) is 10.4 Å². The smallest absolute Gasteiger partial charge is 0.323 e. The summed E-state index contributed by atoms with van der Waals surface area (Å²) in [5, 5.41) is 17.6. The molecule has 1 rings (SSSR count). The zero-order chi connectivity index (χ0) is 13.0. The highest BCUT2D eigenvalue weighted by molar-refractivity contribution is 5.95. The first-order chi connectivity index (χ1) is 7.95. The standard InChI is InChI=1S/C12H12N2O3/c1-8(15)9-3-4-10(6-13)11(5-9)14(2)7-12(16)17/h3-5H,7H2,1-2H3,(H,16,17). The molecule has 0 heterocycles. The molecule has 0 fully saturated rings. The molecule has 0 saturated carbocycles. The summed E-state index contributed by atoms with van der Waals surface area (Å²) in [7, 11) is 1.56. The topological polar surface area (TPSA) is 81.4 Å². The largest absolute Gasteiger partial charge is 0.480 e. The van der Waals surface area contributed by atoms with Gasteiger partial charge in [-0.2, -0.15) is 5.26 Å². The zero-order valence-electron chi connectivity index (χ0n) is 9.60. The normalized spacial score (nSPS) is 9.47. The zero-order valence-corrected chi connectivity index (χ0v) is 9.60. The van der Waals surface area contributed by atoms with Crippen LogP contribution >= 0.6 is 0 Å². The summed E-state index contributed by atoms with van der Waals surface area (Å²) in [6.07, 6.45) is 0. The van der Waals surface area contributed by atoms with E-state index in [2.05, 4.69) is 0 Å². The number of rotatable bonds is 4. The van der Waals surface area contributed by atoms with Gasteiger partial charge in [-0.1, -0.05) is 0 Å². The number of Topliss-reactive ketones (excluding diaryl/α,β-unsaturated/α-hetero) is 1. The molecule has 17 heavy (non-hydrogen) atoms. The summed E-state index contributed by atoms with van der Waals surface area (Å²) in [6.45, 7) is 1.19. The number of carboxylic acids is 1. The van der Waals surface area contributed by atoms with Crippen molar-refractivity contribution >= 4 is 17.4 Å². The van der Waals surface area contributed by atoms with Crippen LogP contribution in [0.15, 0.2) is 18.2 Å². The molecular formula is C12H12N2O3. The fourth-order valence-corrected chi connectivity index (χ4v) is 1.45. The molecule has 0 aliphatic carbocycles. The second-order valence-electron chi connectivity index (χ2n) is 3.65. The number of hydrogen-bond donors (Lipinski definition) is 1. The highest BCUT2D eigenvalue weighted by atomic mass is 16.4. The summed E-state index contributed by atoms with van der Waals surface area (Å²) < 4.78 is 0. The molecule has 0 bridgehead atoms. The maximum absolute atomic E-state index is 11.2. The van der Waals surface area contributed by atoms with Crippen LogP contribution in [0.25, 0.3) is 0 Å². The van der Waals surface area contributed by atoms with E-state index in [1.54, 1.807) is 13.1 Å². The van der Waals surface area contributed by atoms with Crippen LogP contribution in [-0.4, -0.2) is 30.5 Å². The second kappa shape index (κ2) is 5.12. The molecule has 1 aromatic rings. The van der Waals surface area contributed by atoms with E-state index < -0.39 is 5.97 Å². The van der Waals surface area contributed by atoms with Crippen molar-refractivity contribution in [2.24, 2.45) is 0 Å². The predicted molar refractivity (Wildman–Crippen MR) is 62.1 cm³/mol. The number of aliphatic carboxylic acids is 1. The first-order valence-electron chi connectivity index (χ1n) is 4.93. The van der Waals surface area contributed by atoms with Gasteiger partial charge >= 0.3 is 5.97 Å². The van der Waals surface area contributed by atoms with Crippen LogP contribution in [0.4, 0.5) is 5.69 Å². The molecule has 5 nitrogen and oxygen atoms in total. The predicted octanol–water partition coefficient (Wildman–Crippen LogP) is 1.28. The quantitative estimate of drug-likeness (QED) is 0.791. The van der Waals surface area contributed by atoms with Crippen LogP contribution in [-0.2, 0) is 4.79 Å². The first kappa shape index (κ1) is 12.7. The van der Waals surface area contributed by atoms with Gasteiger partial charge in [0.15, 0.2) is 5.78 Å². The molecule has 0 amide bonds. The molecule has 88 valence electrons. The van der Waals surface area contributed by atoms with Gasteiger partial charge in [-0.3, -0.25) is 9.59 Å². The lowest BCUT2D eigenvalue weighted by atomic mass is 10.1. The van der Waals surface area contributed by atoms with E-state index in [9.17, 15) is 9.59 Å². The van der Waals surface area contributed by atoms with Gasteiger partial charge in [-0.05, 0) is 25.1 Å². The van der Waals surface area contributed by atoms with Crippen molar-refractivity contribution < 1.29 is 14.7 Å². The van der Waals surface area contributed by atoms with Crippen LogP contribution in [0, 0.1) is 11.3 Å². The van der Waals surface area contributed by atoms with E-state index in [-0.39, 0.29) is 12.3 Å². The number of likely N-dealkylation sites (N-methyl/N-ethyl adjacent to an activating group) is 1. The Kier molecular flexibility index (Phi) is 3.83. The SMILES string of the molecule is CC(=O)c1ccc(C#N)c(N(C)CC(=O)O)c1. The lowest BCUT2D eigenvalue weighted by molar-refractivity contribution is -0.135. The lowest BCUT2D eigenvalue weighted by Gasteiger charge is -2.18. The van der Waals surface area contributed by atoms with E-state index in [0.717, 1.165) is 0 Å². The van der Waals surface area contributed by atoms with E-state index in [1.807, 2.05) is 6.07 Å². The maximum Gasteiger partial charge on any atom is 0.323 e. The number of benzene rings is 1. The molecule has 1 aromatic carbocycles. The maximum atomic E-state index is 11.2. The Hall–Kier alpha value is -2.35. The van der Waals surface area contributed by atoms with Crippen LogP contribution in [0.1, 0.15) is 22.8 Å². The monoisotopic (exact) mass is 232 g/mol. The first-order valence-corrected chi connectivity index (χ1v) is 4.93. The molecular weight excluding hydrogens is 220 g/mol. The number of hydrogen-bond acceptors (Lipinski definition) is 4. The molecule has 0 unspecified atom stereocenters. The molecule has 0 saturated heterocycles. The average molecular weight is 232 g/mol. The Morgan fingerprint density at radius 2 is 2.12 bits per heavy atom. The van der Waals surface area contributed by atoms with Crippen molar-refractivity contribution in [2.75, 3.05) is 18.5 Å². The average Bonchev–Trinajstić information content (AvgIpc) is 2.27. The minimum absolute atomic E-state index is 0.125. The Morgan fingerprint density at radius 1 is 1.47 bits per heavy atom. The fraction of sp³-hybridized carbons (Fsp3) is 0.250. The number of carbonyl (C=O) groups excluding carboxylic acids is 1. The van der Waals surface area contributed by atoms with Gasteiger partial charge in [-0.15, -0.1) is 0 Å². The number of anilines is 1. The van der Waals surface area contributed by atoms with Crippen molar-refractivity contribution in [1.29, 1.82) is 5.26 Å². The number of nitriles is 1. The Labute approximate surface area is 98.9 Å². The molecule has 0 radical (unpaired) electrons. The van der Waals surface area contributed by atoms with Gasteiger partial charge in [0.25, 0.3) is 0 Å². The van der Waals surface area contributed by atoms with Crippen LogP contribution < -0.4 is 4.90 Å². The molecule has 5 heteroatoms. The van der Waals surface area contributed by atoms with E-state index in [1.165, 1.54) is 24.0 Å². The van der Waals surface area contributed by atoms with Gasteiger partial charge in [0, 0.05) is 12.6 Å². The number of carboxylic acid groups (broad SMARTS) is 1. The van der Waals surface area contributed by atoms with E-state index >= 15 is 0 Å². The summed E-state index contributed by atoms with van der Waals surface area (Å²) in [5.41, 5.74) is 1.25. The van der Waals surface area contributed by atoms with Crippen molar-refractivity contribution in [3.63, 3.8) is 0 Å². The Morgan fingerprint density at radius 3 is 2.59 bits per heavy atom. The summed E-state index contributed by atoms with van der Waals surface area (Å²) >= 11 is 0. The molecule has 0 aromatic heterocycles. The third kappa shape index (κ3) is 3.05. The van der Waals surface area contributed by atoms with Gasteiger partial charge in [0.1, 0.15) is 12.6 Å². The van der Waals surface area contributed by atoms with Crippen molar-refractivity contribution in [1.82, 2.24) is 0 Å². The van der Waals surface area contributed by atoms with Gasteiger partial charge in [-0.25, -0.2) is 0 Å². The number of carbonyl (C=O) groups is 2. The third-order valence-electron chi connectivity index (χ3n) is 2.31. The minimum atomic E-state index is -0.996. The molecule has 0 spiro atoms. The minimum Gasteiger partial charge on any atom is -0.480 e. The fourth-order valence-electron chi connectivity index (χ4n) is 1.45. The van der Waals surface area contributed by atoms with Crippen molar-refractivity contribution in [3.05, 3.63) is 29.3 Å². The third-order valence-corrected chi connectivity index (χ3v) is 2.31. The molecule has 0 aliphatic heterocycles. The summed E-state index contributed by atoms with van der Waals surface area (Å²) in [4.78, 5) is 23.3. The van der Waals surface area contributed by atoms with Crippen LogP contribution in [0.5, 0.6) is 0 Å². The Bertz CT molecular complexity index is 503. The molecule has 0 aliphatic rings. The summed E-state index contributed by atoms with van der Waals surface area (Å²) in [5.74, 6) is -1.12. The van der Waals surface area contributed by atoms with Crippen LogP contribution in [0.2, 0.25) is 0 Å². The highest BCUT2D eigenvalue weighted by Crippen LogP contribution is 2.20. The second-order valence-corrected chi connectivity index (χ2v) is 3.65. The lowest BCUT2D eigenvalue weighted by Crippen LogP contribution is -2.26. The molecule has 1 N–H and O–H groups in total. The van der Waals surface area contributed by atoms with E-state index in [0.29, 0.717) is 16.8 Å². The highest BCUT2D eigenvalue weighted by Gasteiger charge is 2.12. The van der Waals surface area contributed by atoms with Crippen LogP contribution in [0.3, 0.4) is 0 Å². The Balaban J connectivity index is 3.19. The van der Waals surface area contributed by atoms with Gasteiger partial charge in [0.2, 0.25) is 0 Å². The molecule has 0 atom stereocenters. The number of nitrogens with zero attached hydrogens (tertiary/aromatic N) is 2. The van der Waals surface area contributed by atoms with Gasteiger partial charge < -0.3 is 10.0 Å². The summed E-state index contributed by atoms with van der Waals surface area (Å²) in [6, 6.07) is 6.57.